The maximum Gasteiger partial charge on any atom is 0.162 e. The molecule has 0 saturated heterocycles. The molecule has 2 heterocycles. The summed E-state index contributed by atoms with van der Waals surface area (Å²) < 4.78 is 6.34. The number of carbonyl (C=O) groups is 1. The molecule has 5 heteroatoms. The molecular formula is C45H54IrNO3-. The molecule has 2 saturated carbocycles. The van der Waals surface area contributed by atoms with Crippen LogP contribution in [0, 0.1) is 30.2 Å². The Morgan fingerprint density at radius 2 is 1.58 bits per heavy atom. The number of allylic oxidation sites excluding steroid dienone is 2. The van der Waals surface area contributed by atoms with Gasteiger partial charge in [0, 0.05) is 49.6 Å². The second-order valence-electron chi connectivity index (χ2n) is 14.8. The zero-order valence-electron chi connectivity index (χ0n) is 30.6. The van der Waals surface area contributed by atoms with Crippen molar-refractivity contribution in [3.05, 3.63) is 89.8 Å². The summed E-state index contributed by atoms with van der Waals surface area (Å²) in [4.78, 5) is 16.6. The third-order valence-electron chi connectivity index (χ3n) is 11.8. The standard InChI is InChI=1S/C32H30NO.C13H24O2.Ir/c1-21-18-27-26-6-2-3-7-29(26)34-31(27)28(19-21)30-25-9-8-23(20-24(25)12-17-33-30)22-10-15-32(16-11-22)13-4-5-14-32;1-5-10(6-2)12(14)9-13(15)11(7-3)8-4;/h2-3,6-9,12,17-18,20,22H,4-5,10-11,13-16H2,1H3;9-11,14H,5-8H2,1-4H3;/q-1;;/b;12-9-;. The van der Waals surface area contributed by atoms with Crippen LogP contribution < -0.4 is 0 Å². The molecule has 0 unspecified atom stereocenters. The average Bonchev–Trinajstić information content (AvgIpc) is 3.73. The maximum atomic E-state index is 11.7. The van der Waals surface area contributed by atoms with Crippen LogP contribution in [0.15, 0.2) is 77.0 Å². The molecule has 3 aromatic carbocycles. The minimum absolute atomic E-state index is 0. The topological polar surface area (TPSA) is 63.3 Å². The van der Waals surface area contributed by atoms with Crippen molar-refractivity contribution in [3.63, 3.8) is 0 Å². The minimum atomic E-state index is 0. The molecule has 4 nitrogen and oxygen atoms in total. The van der Waals surface area contributed by atoms with E-state index in [0.717, 1.165) is 64.4 Å². The van der Waals surface area contributed by atoms with E-state index in [2.05, 4.69) is 55.5 Å². The molecule has 1 spiro atoms. The molecule has 0 atom stereocenters. The van der Waals surface area contributed by atoms with E-state index in [1.165, 1.54) is 73.8 Å². The Morgan fingerprint density at radius 1 is 0.900 bits per heavy atom. The summed E-state index contributed by atoms with van der Waals surface area (Å²) in [6, 6.07) is 23.2. The van der Waals surface area contributed by atoms with Crippen LogP contribution in [0.3, 0.4) is 0 Å². The number of aliphatic hydroxyl groups is 1. The van der Waals surface area contributed by atoms with Crippen molar-refractivity contribution >= 4 is 38.5 Å². The number of nitrogens with zero attached hydrogens (tertiary/aromatic N) is 1. The predicted molar refractivity (Wildman–Crippen MR) is 204 cm³/mol. The van der Waals surface area contributed by atoms with Crippen molar-refractivity contribution in [3.8, 4) is 11.3 Å². The van der Waals surface area contributed by atoms with E-state index in [0.29, 0.717) is 11.3 Å². The summed E-state index contributed by atoms with van der Waals surface area (Å²) in [5.41, 5.74) is 7.01. The molecule has 1 radical (unpaired) electrons. The van der Waals surface area contributed by atoms with Gasteiger partial charge in [0.25, 0.3) is 0 Å². The van der Waals surface area contributed by atoms with E-state index in [4.69, 9.17) is 9.40 Å². The number of para-hydroxylation sites is 1. The third-order valence-corrected chi connectivity index (χ3v) is 11.8. The minimum Gasteiger partial charge on any atom is -0.512 e. The Morgan fingerprint density at radius 3 is 2.26 bits per heavy atom. The number of aromatic nitrogens is 1. The van der Waals surface area contributed by atoms with Gasteiger partial charge in [-0.15, -0.1) is 17.7 Å². The smallest absolute Gasteiger partial charge is 0.162 e. The molecule has 5 aromatic rings. The SMILES string of the molecule is CCC(CC)C(=O)/C=C(\O)C(CC)CC.Cc1[c-]c(-c2nccc3cc(C4CCC5(CCCC5)CC4)ccc23)c2oc3ccccc3c2c1.[Ir]. The van der Waals surface area contributed by atoms with Crippen molar-refractivity contribution in [1.82, 2.24) is 4.98 Å². The number of ketones is 1. The van der Waals surface area contributed by atoms with Gasteiger partial charge in [-0.2, -0.15) is 0 Å². The number of hydrogen-bond acceptors (Lipinski definition) is 4. The van der Waals surface area contributed by atoms with E-state index in [-0.39, 0.29) is 43.5 Å². The van der Waals surface area contributed by atoms with Gasteiger partial charge in [-0.1, -0.05) is 94.8 Å². The number of furan rings is 1. The van der Waals surface area contributed by atoms with Gasteiger partial charge in [0.1, 0.15) is 5.58 Å². The molecule has 2 aliphatic carbocycles. The van der Waals surface area contributed by atoms with E-state index < -0.39 is 0 Å². The van der Waals surface area contributed by atoms with Gasteiger partial charge in [0.15, 0.2) is 5.78 Å². The van der Waals surface area contributed by atoms with Gasteiger partial charge in [-0.05, 0) is 110 Å². The summed E-state index contributed by atoms with van der Waals surface area (Å²) in [6.45, 7) is 10.2. The van der Waals surface area contributed by atoms with E-state index in [1.54, 1.807) is 0 Å². The number of carbonyl (C=O) groups excluding carboxylic acids is 1. The first-order chi connectivity index (χ1) is 23.8. The van der Waals surface area contributed by atoms with Crippen LogP contribution in [0.4, 0.5) is 0 Å². The molecular weight excluding hydrogens is 795 g/mol. The van der Waals surface area contributed by atoms with Gasteiger partial charge in [0.05, 0.1) is 11.3 Å². The number of aryl methyl sites for hydroxylation is 1. The van der Waals surface area contributed by atoms with Gasteiger partial charge in [0.2, 0.25) is 0 Å². The zero-order valence-corrected chi connectivity index (χ0v) is 33.0. The van der Waals surface area contributed by atoms with Gasteiger partial charge < -0.3 is 14.5 Å². The molecule has 0 bridgehead atoms. The molecule has 50 heavy (non-hydrogen) atoms. The Labute approximate surface area is 312 Å². The largest absolute Gasteiger partial charge is 0.512 e. The second kappa shape index (κ2) is 16.8. The fourth-order valence-electron chi connectivity index (χ4n) is 8.69. The quantitative estimate of drug-likeness (QED) is 0.0912. The summed E-state index contributed by atoms with van der Waals surface area (Å²) in [6.07, 6.45) is 18.2. The van der Waals surface area contributed by atoms with Crippen LogP contribution in [0.5, 0.6) is 0 Å². The summed E-state index contributed by atoms with van der Waals surface area (Å²) >= 11 is 0. The first-order valence-electron chi connectivity index (χ1n) is 19.0. The Balaban J connectivity index is 0.000000261. The van der Waals surface area contributed by atoms with Crippen LogP contribution in [0.1, 0.15) is 122 Å². The zero-order chi connectivity index (χ0) is 34.5. The third kappa shape index (κ3) is 7.95. The summed E-state index contributed by atoms with van der Waals surface area (Å²) in [7, 11) is 0. The Hall–Kier alpha value is -3.27. The van der Waals surface area contributed by atoms with Crippen molar-refractivity contribution in [1.29, 1.82) is 0 Å². The molecule has 0 aliphatic heterocycles. The maximum absolute atomic E-state index is 11.7. The first-order valence-corrected chi connectivity index (χ1v) is 19.0. The molecule has 2 aliphatic rings. The molecule has 2 fully saturated rings. The predicted octanol–water partition coefficient (Wildman–Crippen LogP) is 13.0. The first kappa shape index (κ1) is 38.0. The van der Waals surface area contributed by atoms with Gasteiger partial charge in [-0.25, -0.2) is 0 Å². The van der Waals surface area contributed by atoms with E-state index in [1.807, 2.05) is 46.0 Å². The van der Waals surface area contributed by atoms with Crippen LogP contribution in [-0.2, 0) is 24.9 Å². The second-order valence-corrected chi connectivity index (χ2v) is 14.8. The van der Waals surface area contributed by atoms with Crippen LogP contribution in [0.2, 0.25) is 0 Å². The number of pyridine rings is 1. The van der Waals surface area contributed by atoms with E-state index in [9.17, 15) is 9.90 Å². The average molecular weight is 849 g/mol. The Bertz CT molecular complexity index is 1930. The molecule has 1 N–H and O–H groups in total. The molecule has 7 rings (SSSR count). The number of hydrogen-bond donors (Lipinski definition) is 1. The number of benzene rings is 3. The van der Waals surface area contributed by atoms with Gasteiger partial charge >= 0.3 is 0 Å². The fraction of sp³-hybridized carbons (Fsp3) is 0.467. The van der Waals surface area contributed by atoms with E-state index >= 15 is 0 Å². The molecule has 267 valence electrons. The molecule has 0 amide bonds. The Kier molecular flexibility index (Phi) is 12.8. The van der Waals surface area contributed by atoms with Gasteiger partial charge in [-0.3, -0.25) is 4.79 Å². The van der Waals surface area contributed by atoms with Crippen LogP contribution in [-0.4, -0.2) is 15.9 Å². The van der Waals surface area contributed by atoms with Crippen molar-refractivity contribution in [2.75, 3.05) is 0 Å². The molecule has 2 aromatic heterocycles. The fourth-order valence-corrected chi connectivity index (χ4v) is 8.69. The van der Waals surface area contributed by atoms with Crippen molar-refractivity contribution in [2.45, 2.75) is 118 Å². The summed E-state index contributed by atoms with van der Waals surface area (Å²) in [5.74, 6) is 1.24. The monoisotopic (exact) mass is 849 g/mol. The van der Waals surface area contributed by atoms with Crippen molar-refractivity contribution < 1.29 is 34.4 Å². The number of rotatable bonds is 9. The number of aliphatic hydroxyl groups excluding tert-OH is 1. The summed E-state index contributed by atoms with van der Waals surface area (Å²) in [5, 5.41) is 14.5. The van der Waals surface area contributed by atoms with Crippen molar-refractivity contribution in [2.24, 2.45) is 17.3 Å². The van der Waals surface area contributed by atoms with Crippen LogP contribution >= 0.6 is 0 Å². The van der Waals surface area contributed by atoms with Crippen LogP contribution in [0.25, 0.3) is 44.0 Å². The number of fused-ring (bicyclic) bond motifs is 4. The normalized spacial score (nSPS) is 16.3.